The predicted octanol–water partition coefficient (Wildman–Crippen LogP) is 2.20. The zero-order chi connectivity index (χ0) is 8.20. The normalized spacial score (nSPS) is 11.2. The first-order chi connectivity index (χ1) is 4.45. The Bertz CT molecular complexity index is 122. The lowest BCUT2D eigenvalue weighted by Gasteiger charge is -2.05. The lowest BCUT2D eigenvalue weighted by molar-refractivity contribution is -0.140. The van der Waals surface area contributed by atoms with E-state index in [1.807, 2.05) is 0 Å². The van der Waals surface area contributed by atoms with Crippen LogP contribution in [-0.4, -0.2) is 18.6 Å². The minimum absolute atomic E-state index is 0.0640. The van der Waals surface area contributed by atoms with E-state index < -0.39 is 12.0 Å². The smallest absolute Gasteiger partial charge is 0.352 e. The predicted molar refractivity (Wildman–Crippen MR) is 44.8 cm³/mol. The third-order valence-corrected chi connectivity index (χ3v) is 2.54. The van der Waals surface area contributed by atoms with Gasteiger partial charge in [0.2, 0.25) is 0 Å². The molecule has 60 valence electrons. The molecule has 0 bridgehead atoms. The van der Waals surface area contributed by atoms with E-state index in [0.717, 1.165) is 0 Å². The maximum Gasteiger partial charge on any atom is 0.352 e. The van der Waals surface area contributed by atoms with Crippen LogP contribution in [0.3, 0.4) is 0 Å². The van der Waals surface area contributed by atoms with Gasteiger partial charge in [-0.25, -0.2) is 0 Å². The van der Waals surface area contributed by atoms with E-state index in [2.05, 4.69) is 4.74 Å². The summed E-state index contributed by atoms with van der Waals surface area (Å²) in [6, 6.07) is -2.88. The summed E-state index contributed by atoms with van der Waals surface area (Å²) in [5, 5.41) is 0. The Kier molecular flexibility index (Phi) is 4.69. The molecule has 0 N–H and O–H groups in total. The zero-order valence-corrected chi connectivity index (χ0v) is 8.63. The lowest BCUT2D eigenvalue weighted by Crippen LogP contribution is -2.17. The number of esters is 1. The number of hydrogen-bond donors (Lipinski definition) is 0. The molecule has 0 saturated carbocycles. The van der Waals surface area contributed by atoms with Crippen molar-refractivity contribution in [3.63, 3.8) is 0 Å². The number of halogens is 3. The molecule has 0 aromatic carbocycles. The van der Waals surface area contributed by atoms with Crippen LogP contribution >= 0.6 is 33.2 Å². The van der Waals surface area contributed by atoms with Gasteiger partial charge >= 0.3 is 12.0 Å². The number of hydrogen-bond acceptors (Lipinski definition) is 2. The third kappa shape index (κ3) is 6.67. The van der Waals surface area contributed by atoms with Crippen LogP contribution in [0.25, 0.3) is 0 Å². The van der Waals surface area contributed by atoms with Crippen LogP contribution in [0.2, 0.25) is 6.04 Å². The summed E-state index contributed by atoms with van der Waals surface area (Å²) in [4.78, 5) is 10.6. The van der Waals surface area contributed by atoms with E-state index >= 15 is 0 Å². The fraction of sp³-hybridized carbons (Fsp3) is 0.750. The number of ether oxygens (including phenoxy) is 1. The van der Waals surface area contributed by atoms with E-state index in [1.165, 1.54) is 0 Å². The number of carbonyl (C=O) groups is 1. The highest BCUT2D eigenvalue weighted by Gasteiger charge is 2.29. The quantitative estimate of drug-likeness (QED) is 0.415. The summed E-state index contributed by atoms with van der Waals surface area (Å²) >= 11 is 16.3. The van der Waals surface area contributed by atoms with Crippen LogP contribution in [0.1, 0.15) is 6.92 Å². The fourth-order valence-corrected chi connectivity index (χ4v) is 1.79. The van der Waals surface area contributed by atoms with Crippen LogP contribution in [0.4, 0.5) is 0 Å². The summed E-state index contributed by atoms with van der Waals surface area (Å²) in [6.45, 7) is 2.03. The molecular weight excluding hydrogens is 214 g/mol. The Hall–Kier alpha value is 0.557. The number of rotatable bonds is 3. The SMILES string of the molecule is CCOC(=O)C[Si](Cl)(Cl)Cl. The van der Waals surface area contributed by atoms with Gasteiger partial charge in [0.05, 0.1) is 12.7 Å². The average Bonchev–Trinajstić information content (AvgIpc) is 1.59. The van der Waals surface area contributed by atoms with Crippen LogP contribution < -0.4 is 0 Å². The Labute approximate surface area is 74.5 Å². The van der Waals surface area contributed by atoms with Gasteiger partial charge < -0.3 is 4.74 Å². The van der Waals surface area contributed by atoms with Gasteiger partial charge in [0.15, 0.2) is 0 Å². The molecule has 2 nitrogen and oxygen atoms in total. The van der Waals surface area contributed by atoms with Crippen LogP contribution in [0.15, 0.2) is 0 Å². The molecule has 0 fully saturated rings. The van der Waals surface area contributed by atoms with Crippen LogP contribution in [0, 0.1) is 0 Å². The lowest BCUT2D eigenvalue weighted by atomic mass is 10.8. The van der Waals surface area contributed by atoms with Crippen molar-refractivity contribution in [3.8, 4) is 0 Å². The topological polar surface area (TPSA) is 26.3 Å². The van der Waals surface area contributed by atoms with Crippen LogP contribution in [-0.2, 0) is 9.53 Å². The van der Waals surface area contributed by atoms with E-state index in [0.29, 0.717) is 6.61 Å². The highest BCUT2D eigenvalue weighted by atomic mass is 35.8. The van der Waals surface area contributed by atoms with E-state index in [9.17, 15) is 4.79 Å². The van der Waals surface area contributed by atoms with Crippen molar-refractivity contribution in [3.05, 3.63) is 0 Å². The second-order valence-corrected chi connectivity index (χ2v) is 10.7. The molecule has 0 heterocycles. The molecule has 0 rings (SSSR count). The standard InChI is InChI=1S/C4H7Cl3O2Si/c1-2-9-4(8)3-10(5,6)7/h2-3H2,1H3. The molecule has 0 aromatic rings. The Morgan fingerprint density at radius 1 is 1.50 bits per heavy atom. The van der Waals surface area contributed by atoms with Gasteiger partial charge in [0, 0.05) is 0 Å². The highest BCUT2D eigenvalue weighted by molar-refractivity contribution is 7.65. The summed E-state index contributed by atoms with van der Waals surface area (Å²) in [7, 11) is 0. The van der Waals surface area contributed by atoms with Crippen molar-refractivity contribution in [1.29, 1.82) is 0 Å². The molecule has 0 atom stereocenters. The summed E-state index contributed by atoms with van der Waals surface area (Å²) in [6.07, 6.45) is 0. The van der Waals surface area contributed by atoms with Gasteiger partial charge in [-0.15, -0.1) is 33.2 Å². The minimum atomic E-state index is -2.82. The summed E-state index contributed by atoms with van der Waals surface area (Å²) in [5.41, 5.74) is 0. The van der Waals surface area contributed by atoms with E-state index in [1.54, 1.807) is 6.92 Å². The molecule has 0 aromatic heterocycles. The minimum Gasteiger partial charge on any atom is -0.466 e. The van der Waals surface area contributed by atoms with Crippen molar-refractivity contribution in [1.82, 2.24) is 0 Å². The molecule has 0 aliphatic heterocycles. The van der Waals surface area contributed by atoms with E-state index in [-0.39, 0.29) is 6.04 Å². The Balaban J connectivity index is 3.58. The average molecular weight is 222 g/mol. The molecule has 6 heteroatoms. The zero-order valence-electron chi connectivity index (χ0n) is 5.36. The molecule has 0 aliphatic rings. The van der Waals surface area contributed by atoms with E-state index in [4.69, 9.17) is 33.2 Å². The molecular formula is C4H7Cl3O2Si. The molecule has 10 heavy (non-hydrogen) atoms. The first-order valence-electron chi connectivity index (χ1n) is 2.68. The molecule has 0 unspecified atom stereocenters. The summed E-state index contributed by atoms with van der Waals surface area (Å²) in [5.74, 6) is -0.436. The number of carbonyl (C=O) groups excluding carboxylic acids is 1. The van der Waals surface area contributed by atoms with Gasteiger partial charge in [0.1, 0.15) is 0 Å². The largest absolute Gasteiger partial charge is 0.466 e. The second-order valence-electron chi connectivity index (χ2n) is 1.60. The van der Waals surface area contributed by atoms with Crippen LogP contribution in [0.5, 0.6) is 0 Å². The maximum atomic E-state index is 10.6. The van der Waals surface area contributed by atoms with Gasteiger partial charge in [-0.1, -0.05) is 0 Å². The molecule has 0 aliphatic carbocycles. The van der Waals surface area contributed by atoms with Gasteiger partial charge in [-0.2, -0.15) is 0 Å². The first kappa shape index (κ1) is 10.6. The molecule has 0 amide bonds. The van der Waals surface area contributed by atoms with Crippen molar-refractivity contribution >= 4 is 45.2 Å². The highest BCUT2D eigenvalue weighted by Crippen LogP contribution is 2.24. The first-order valence-corrected chi connectivity index (χ1v) is 7.92. The van der Waals surface area contributed by atoms with Crippen molar-refractivity contribution in [2.24, 2.45) is 0 Å². The Morgan fingerprint density at radius 3 is 2.30 bits per heavy atom. The maximum absolute atomic E-state index is 10.6. The Morgan fingerprint density at radius 2 is 2.00 bits per heavy atom. The second kappa shape index (κ2) is 4.44. The van der Waals surface area contributed by atoms with Crippen molar-refractivity contribution < 1.29 is 9.53 Å². The molecule has 0 spiro atoms. The molecule has 0 radical (unpaired) electrons. The van der Waals surface area contributed by atoms with Gasteiger partial charge in [-0.05, 0) is 6.92 Å². The third-order valence-electron chi connectivity index (χ3n) is 0.650. The summed E-state index contributed by atoms with van der Waals surface area (Å²) < 4.78 is 4.56. The molecule has 0 saturated heterocycles. The van der Waals surface area contributed by atoms with Gasteiger partial charge in [0.25, 0.3) is 0 Å². The monoisotopic (exact) mass is 220 g/mol. The fourth-order valence-electron chi connectivity index (χ4n) is 0.376. The van der Waals surface area contributed by atoms with Crippen molar-refractivity contribution in [2.75, 3.05) is 6.61 Å². The van der Waals surface area contributed by atoms with Gasteiger partial charge in [-0.3, -0.25) is 4.79 Å². The van der Waals surface area contributed by atoms with Crippen molar-refractivity contribution in [2.45, 2.75) is 13.0 Å².